The van der Waals surface area contributed by atoms with Crippen molar-refractivity contribution < 1.29 is 14.0 Å². The molecule has 1 aliphatic heterocycles. The van der Waals surface area contributed by atoms with E-state index in [-0.39, 0.29) is 23.6 Å². The van der Waals surface area contributed by atoms with Gasteiger partial charge >= 0.3 is 0 Å². The van der Waals surface area contributed by atoms with Gasteiger partial charge in [0.2, 0.25) is 5.91 Å². The number of fused-ring (bicyclic) bond motifs is 1. The SMILES string of the molecule is CC(=O)N1c2ccc(Nc3ccccc3)cc2N(C(=O)c2ccco2)C[C@@H]1C. The number of benzene rings is 2. The quantitative estimate of drug-likeness (QED) is 0.736. The van der Waals surface area contributed by atoms with Crippen LogP contribution in [-0.4, -0.2) is 24.4 Å². The zero-order valence-electron chi connectivity index (χ0n) is 15.8. The fourth-order valence-corrected chi connectivity index (χ4v) is 3.60. The molecule has 0 bridgehead atoms. The summed E-state index contributed by atoms with van der Waals surface area (Å²) in [5.41, 5.74) is 3.17. The first-order chi connectivity index (χ1) is 13.5. The molecule has 142 valence electrons. The largest absolute Gasteiger partial charge is 0.459 e. The van der Waals surface area contributed by atoms with E-state index in [4.69, 9.17) is 4.42 Å². The third kappa shape index (κ3) is 3.24. The van der Waals surface area contributed by atoms with Gasteiger partial charge in [-0.15, -0.1) is 0 Å². The Balaban J connectivity index is 1.76. The van der Waals surface area contributed by atoms with Crippen LogP contribution < -0.4 is 15.1 Å². The van der Waals surface area contributed by atoms with Crippen LogP contribution in [0.4, 0.5) is 22.7 Å². The zero-order chi connectivity index (χ0) is 19.7. The van der Waals surface area contributed by atoms with Crippen molar-refractivity contribution in [1.29, 1.82) is 0 Å². The zero-order valence-corrected chi connectivity index (χ0v) is 15.8. The summed E-state index contributed by atoms with van der Waals surface area (Å²) in [5, 5.41) is 3.34. The highest BCUT2D eigenvalue weighted by molar-refractivity contribution is 6.09. The summed E-state index contributed by atoms with van der Waals surface area (Å²) < 4.78 is 5.31. The fraction of sp³-hybridized carbons (Fsp3) is 0.182. The average Bonchev–Trinajstić information content (AvgIpc) is 3.22. The first kappa shape index (κ1) is 17.9. The summed E-state index contributed by atoms with van der Waals surface area (Å²) >= 11 is 0. The molecule has 1 aromatic heterocycles. The van der Waals surface area contributed by atoms with Gasteiger partial charge in [0.05, 0.1) is 23.7 Å². The predicted octanol–water partition coefficient (Wildman–Crippen LogP) is 4.43. The van der Waals surface area contributed by atoms with Crippen LogP contribution in [0.5, 0.6) is 0 Å². The molecular weight excluding hydrogens is 354 g/mol. The molecule has 1 N–H and O–H groups in total. The van der Waals surface area contributed by atoms with Crippen LogP contribution in [0, 0.1) is 0 Å². The molecule has 3 aromatic rings. The summed E-state index contributed by atoms with van der Waals surface area (Å²) in [6.45, 7) is 3.87. The predicted molar refractivity (Wildman–Crippen MR) is 109 cm³/mol. The third-order valence-electron chi connectivity index (χ3n) is 4.79. The molecule has 2 heterocycles. The minimum absolute atomic E-state index is 0.0531. The molecule has 0 saturated carbocycles. The van der Waals surface area contributed by atoms with Gasteiger partial charge in [-0.1, -0.05) is 18.2 Å². The molecule has 0 radical (unpaired) electrons. The van der Waals surface area contributed by atoms with Gasteiger partial charge in [-0.25, -0.2) is 0 Å². The smallest absolute Gasteiger partial charge is 0.294 e. The van der Waals surface area contributed by atoms with Crippen LogP contribution in [0.2, 0.25) is 0 Å². The van der Waals surface area contributed by atoms with E-state index in [0.717, 1.165) is 11.4 Å². The molecule has 2 aromatic carbocycles. The number of rotatable bonds is 3. The van der Waals surface area contributed by atoms with Crippen molar-refractivity contribution in [1.82, 2.24) is 0 Å². The summed E-state index contributed by atoms with van der Waals surface area (Å²) in [5.74, 6) is -0.00312. The molecule has 4 rings (SSSR count). The third-order valence-corrected chi connectivity index (χ3v) is 4.79. The maximum absolute atomic E-state index is 13.0. The molecule has 1 aliphatic rings. The number of anilines is 4. The lowest BCUT2D eigenvalue weighted by molar-refractivity contribution is -0.117. The van der Waals surface area contributed by atoms with Crippen molar-refractivity contribution in [3.8, 4) is 0 Å². The number of para-hydroxylation sites is 1. The van der Waals surface area contributed by atoms with Gasteiger partial charge in [0.1, 0.15) is 0 Å². The number of amides is 2. The van der Waals surface area contributed by atoms with E-state index in [2.05, 4.69) is 5.32 Å². The van der Waals surface area contributed by atoms with E-state index in [1.165, 1.54) is 6.26 Å². The average molecular weight is 375 g/mol. The second kappa shape index (κ2) is 7.23. The van der Waals surface area contributed by atoms with Crippen molar-refractivity contribution in [3.63, 3.8) is 0 Å². The van der Waals surface area contributed by atoms with E-state index >= 15 is 0 Å². The normalized spacial score (nSPS) is 15.9. The molecule has 0 aliphatic carbocycles. The summed E-state index contributed by atoms with van der Waals surface area (Å²) in [4.78, 5) is 28.7. The van der Waals surface area contributed by atoms with Gasteiger partial charge in [-0.2, -0.15) is 0 Å². The van der Waals surface area contributed by atoms with E-state index < -0.39 is 0 Å². The summed E-state index contributed by atoms with van der Waals surface area (Å²) in [6, 6.07) is 18.7. The van der Waals surface area contributed by atoms with Crippen LogP contribution in [-0.2, 0) is 4.79 Å². The Bertz CT molecular complexity index is 999. The number of nitrogens with one attached hydrogen (secondary N) is 1. The van der Waals surface area contributed by atoms with Crippen LogP contribution in [0.3, 0.4) is 0 Å². The van der Waals surface area contributed by atoms with Gasteiger partial charge in [-0.05, 0) is 49.4 Å². The Kier molecular flexibility index (Phi) is 4.61. The number of hydrogen-bond donors (Lipinski definition) is 1. The minimum atomic E-state index is -0.224. The van der Waals surface area contributed by atoms with E-state index in [9.17, 15) is 9.59 Å². The molecule has 6 heteroatoms. The lowest BCUT2D eigenvalue weighted by Crippen LogP contribution is -2.51. The lowest BCUT2D eigenvalue weighted by atomic mass is 10.1. The standard InChI is InChI=1S/C22H21N3O3/c1-15-14-24(22(27)21-9-6-12-28-21)20-13-18(23-17-7-4-3-5-8-17)10-11-19(20)25(15)16(2)26/h3-13,15,23H,14H2,1-2H3/t15-/m0/s1. The van der Waals surface area contributed by atoms with Gasteiger partial charge in [0, 0.05) is 24.8 Å². The summed E-state index contributed by atoms with van der Waals surface area (Å²) in [7, 11) is 0. The van der Waals surface area contributed by atoms with Crippen LogP contribution in [0.25, 0.3) is 0 Å². The first-order valence-electron chi connectivity index (χ1n) is 9.16. The summed E-state index contributed by atoms with van der Waals surface area (Å²) in [6.07, 6.45) is 1.48. The Labute approximate surface area is 163 Å². The van der Waals surface area contributed by atoms with Crippen LogP contribution in [0.1, 0.15) is 24.4 Å². The number of nitrogens with zero attached hydrogens (tertiary/aromatic N) is 2. The van der Waals surface area contributed by atoms with E-state index in [0.29, 0.717) is 17.9 Å². The molecule has 6 nitrogen and oxygen atoms in total. The van der Waals surface area contributed by atoms with Crippen LogP contribution >= 0.6 is 0 Å². The molecule has 0 fully saturated rings. The highest BCUT2D eigenvalue weighted by atomic mass is 16.3. The molecule has 0 unspecified atom stereocenters. The second-order valence-corrected chi connectivity index (χ2v) is 6.83. The van der Waals surface area contributed by atoms with Crippen molar-refractivity contribution in [2.24, 2.45) is 0 Å². The van der Waals surface area contributed by atoms with Gasteiger partial charge in [-0.3, -0.25) is 9.59 Å². The number of furan rings is 1. The molecule has 1 atom stereocenters. The van der Waals surface area contributed by atoms with E-state index in [1.54, 1.807) is 28.9 Å². The number of carbonyl (C=O) groups is 2. The van der Waals surface area contributed by atoms with E-state index in [1.807, 2.05) is 55.5 Å². The Morgan fingerprint density at radius 2 is 1.79 bits per heavy atom. The van der Waals surface area contributed by atoms with Crippen molar-refractivity contribution in [3.05, 3.63) is 72.7 Å². The molecule has 0 saturated heterocycles. The molecule has 2 amide bonds. The number of hydrogen-bond acceptors (Lipinski definition) is 4. The Morgan fingerprint density at radius 1 is 1.00 bits per heavy atom. The van der Waals surface area contributed by atoms with Crippen molar-refractivity contribution in [2.75, 3.05) is 21.7 Å². The van der Waals surface area contributed by atoms with Gasteiger partial charge in [0.15, 0.2) is 5.76 Å². The van der Waals surface area contributed by atoms with Crippen LogP contribution in [0.15, 0.2) is 71.3 Å². The topological polar surface area (TPSA) is 65.8 Å². The molecule has 28 heavy (non-hydrogen) atoms. The Hall–Kier alpha value is -3.54. The van der Waals surface area contributed by atoms with Crippen molar-refractivity contribution >= 4 is 34.6 Å². The van der Waals surface area contributed by atoms with Gasteiger partial charge < -0.3 is 19.5 Å². The van der Waals surface area contributed by atoms with Crippen molar-refractivity contribution in [2.45, 2.75) is 19.9 Å². The molecular formula is C22H21N3O3. The maximum Gasteiger partial charge on any atom is 0.294 e. The highest BCUT2D eigenvalue weighted by Crippen LogP contribution is 2.39. The first-order valence-corrected chi connectivity index (χ1v) is 9.16. The maximum atomic E-state index is 13.0. The Morgan fingerprint density at radius 3 is 2.46 bits per heavy atom. The second-order valence-electron chi connectivity index (χ2n) is 6.83. The molecule has 0 spiro atoms. The minimum Gasteiger partial charge on any atom is -0.459 e. The van der Waals surface area contributed by atoms with Gasteiger partial charge in [0.25, 0.3) is 5.91 Å². The highest BCUT2D eigenvalue weighted by Gasteiger charge is 2.34. The number of carbonyl (C=O) groups excluding carboxylic acids is 2. The monoisotopic (exact) mass is 375 g/mol. The lowest BCUT2D eigenvalue weighted by Gasteiger charge is -2.40. The fourth-order valence-electron chi connectivity index (χ4n) is 3.60.